The molecule has 1 aromatic heterocycles. The Kier molecular flexibility index (Phi) is 3.22. The molecule has 13 heavy (non-hydrogen) atoms. The summed E-state index contributed by atoms with van der Waals surface area (Å²) in [6.07, 6.45) is 4.33. The lowest BCUT2D eigenvalue weighted by Crippen LogP contribution is -2.33. The number of thiocarbonyl (C=S) groups is 1. The van der Waals surface area contributed by atoms with Gasteiger partial charge in [-0.1, -0.05) is 0 Å². The number of nitrogens with one attached hydrogen (secondary N) is 1. The summed E-state index contributed by atoms with van der Waals surface area (Å²) < 4.78 is 4.96. The predicted octanol–water partition coefficient (Wildman–Crippen LogP) is 0.653. The van der Waals surface area contributed by atoms with E-state index in [2.05, 4.69) is 17.5 Å². The van der Waals surface area contributed by atoms with Crippen LogP contribution < -0.4 is 11.1 Å². The molecule has 0 aliphatic rings. The van der Waals surface area contributed by atoms with E-state index in [1.807, 2.05) is 0 Å². The topological polar surface area (TPSA) is 68.3 Å². The second-order valence-corrected chi connectivity index (χ2v) is 2.64. The SMILES string of the molecule is NC(=S)NC(=O)C=Cc1ccco1. The molecule has 0 saturated carbocycles. The van der Waals surface area contributed by atoms with Gasteiger partial charge in [-0.15, -0.1) is 0 Å². The fourth-order valence-electron chi connectivity index (χ4n) is 0.707. The van der Waals surface area contributed by atoms with Gasteiger partial charge in [-0.2, -0.15) is 0 Å². The van der Waals surface area contributed by atoms with E-state index in [1.165, 1.54) is 18.4 Å². The Hall–Kier alpha value is -1.62. The standard InChI is InChI=1S/C8H8N2O2S/c9-8(13)10-7(11)4-3-6-2-1-5-12-6/h1-5H,(H3,9,10,11,13). The van der Waals surface area contributed by atoms with E-state index < -0.39 is 0 Å². The van der Waals surface area contributed by atoms with E-state index in [0.29, 0.717) is 5.76 Å². The number of hydrogen-bond donors (Lipinski definition) is 2. The molecule has 0 aromatic carbocycles. The molecule has 68 valence electrons. The summed E-state index contributed by atoms with van der Waals surface area (Å²) in [6.45, 7) is 0. The molecule has 0 aliphatic heterocycles. The Morgan fingerprint density at radius 3 is 3.00 bits per heavy atom. The van der Waals surface area contributed by atoms with E-state index >= 15 is 0 Å². The molecule has 0 saturated heterocycles. The Labute approximate surface area is 80.4 Å². The highest BCUT2D eigenvalue weighted by Crippen LogP contribution is 2.01. The summed E-state index contributed by atoms with van der Waals surface area (Å²) in [5.74, 6) is 0.224. The van der Waals surface area contributed by atoms with Gasteiger partial charge in [-0.05, 0) is 30.4 Å². The van der Waals surface area contributed by atoms with Gasteiger partial charge in [0, 0.05) is 6.08 Å². The van der Waals surface area contributed by atoms with Crippen molar-refractivity contribution >= 4 is 29.3 Å². The number of carbonyl (C=O) groups is 1. The van der Waals surface area contributed by atoms with Gasteiger partial charge < -0.3 is 10.2 Å². The summed E-state index contributed by atoms with van der Waals surface area (Å²) >= 11 is 4.47. The van der Waals surface area contributed by atoms with E-state index in [4.69, 9.17) is 10.2 Å². The molecule has 1 rings (SSSR count). The van der Waals surface area contributed by atoms with Crippen LogP contribution in [-0.2, 0) is 4.79 Å². The zero-order valence-corrected chi connectivity index (χ0v) is 7.51. The summed E-state index contributed by atoms with van der Waals surface area (Å²) in [5, 5.41) is 2.20. The minimum Gasteiger partial charge on any atom is -0.465 e. The van der Waals surface area contributed by atoms with Crippen LogP contribution in [0.5, 0.6) is 0 Å². The van der Waals surface area contributed by atoms with Crippen LogP contribution in [0.1, 0.15) is 5.76 Å². The van der Waals surface area contributed by atoms with Gasteiger partial charge in [0.25, 0.3) is 0 Å². The molecule has 0 radical (unpaired) electrons. The Morgan fingerprint density at radius 2 is 2.46 bits per heavy atom. The van der Waals surface area contributed by atoms with Crippen molar-refractivity contribution in [3.05, 3.63) is 30.2 Å². The minimum absolute atomic E-state index is 0.0471. The number of amides is 1. The molecular formula is C8H8N2O2S. The molecule has 3 N–H and O–H groups in total. The molecule has 0 aliphatic carbocycles. The number of carbonyl (C=O) groups excluding carboxylic acids is 1. The number of hydrogen-bond acceptors (Lipinski definition) is 3. The molecule has 0 unspecified atom stereocenters. The highest BCUT2D eigenvalue weighted by atomic mass is 32.1. The number of nitrogens with two attached hydrogens (primary N) is 1. The molecular weight excluding hydrogens is 188 g/mol. The van der Waals surface area contributed by atoms with Crippen LogP contribution in [0.4, 0.5) is 0 Å². The molecule has 0 bridgehead atoms. The fourth-order valence-corrected chi connectivity index (χ4v) is 0.808. The van der Waals surface area contributed by atoms with E-state index in [1.54, 1.807) is 12.1 Å². The van der Waals surface area contributed by atoms with Crippen molar-refractivity contribution in [3.63, 3.8) is 0 Å². The molecule has 1 amide bonds. The van der Waals surface area contributed by atoms with Gasteiger partial charge in [0.1, 0.15) is 5.76 Å². The highest BCUT2D eigenvalue weighted by molar-refractivity contribution is 7.80. The van der Waals surface area contributed by atoms with Crippen molar-refractivity contribution in [3.8, 4) is 0 Å². The van der Waals surface area contributed by atoms with Crippen molar-refractivity contribution in [1.82, 2.24) is 5.32 Å². The zero-order chi connectivity index (χ0) is 9.68. The number of furan rings is 1. The number of rotatable bonds is 2. The van der Waals surface area contributed by atoms with Crippen molar-refractivity contribution in [2.24, 2.45) is 5.73 Å². The monoisotopic (exact) mass is 196 g/mol. The van der Waals surface area contributed by atoms with Crippen molar-refractivity contribution in [1.29, 1.82) is 0 Å². The second-order valence-electron chi connectivity index (χ2n) is 2.20. The van der Waals surface area contributed by atoms with Gasteiger partial charge in [0.2, 0.25) is 5.91 Å². The van der Waals surface area contributed by atoms with Crippen LogP contribution >= 0.6 is 12.2 Å². The van der Waals surface area contributed by atoms with Crippen molar-refractivity contribution in [2.75, 3.05) is 0 Å². The maximum atomic E-state index is 10.9. The van der Waals surface area contributed by atoms with Crippen LogP contribution in [0, 0.1) is 0 Å². The maximum Gasteiger partial charge on any atom is 0.250 e. The largest absolute Gasteiger partial charge is 0.465 e. The van der Waals surface area contributed by atoms with Gasteiger partial charge in [-0.3, -0.25) is 10.1 Å². The van der Waals surface area contributed by atoms with Crippen LogP contribution in [0.2, 0.25) is 0 Å². The van der Waals surface area contributed by atoms with Crippen molar-refractivity contribution in [2.45, 2.75) is 0 Å². The van der Waals surface area contributed by atoms with E-state index in [-0.39, 0.29) is 11.0 Å². The Morgan fingerprint density at radius 1 is 1.69 bits per heavy atom. The van der Waals surface area contributed by atoms with Crippen LogP contribution in [-0.4, -0.2) is 11.0 Å². The van der Waals surface area contributed by atoms with E-state index in [9.17, 15) is 4.79 Å². The van der Waals surface area contributed by atoms with E-state index in [0.717, 1.165) is 0 Å². The minimum atomic E-state index is -0.371. The zero-order valence-electron chi connectivity index (χ0n) is 6.69. The lowest BCUT2D eigenvalue weighted by atomic mass is 10.4. The average molecular weight is 196 g/mol. The fraction of sp³-hybridized carbons (Fsp3) is 0. The quantitative estimate of drug-likeness (QED) is 0.538. The molecule has 1 heterocycles. The maximum absolute atomic E-state index is 10.9. The first-order valence-corrected chi connectivity index (χ1v) is 3.91. The summed E-state index contributed by atoms with van der Waals surface area (Å²) in [7, 11) is 0. The molecule has 1 aromatic rings. The molecule has 0 atom stereocenters. The third kappa shape index (κ3) is 3.53. The van der Waals surface area contributed by atoms with Gasteiger partial charge >= 0.3 is 0 Å². The predicted molar refractivity (Wildman–Crippen MR) is 52.7 cm³/mol. The van der Waals surface area contributed by atoms with Crippen LogP contribution in [0.15, 0.2) is 28.9 Å². The molecule has 5 heteroatoms. The average Bonchev–Trinajstić information content (AvgIpc) is 2.51. The molecule has 4 nitrogen and oxygen atoms in total. The molecule has 0 fully saturated rings. The summed E-state index contributed by atoms with van der Waals surface area (Å²) in [4.78, 5) is 10.9. The summed E-state index contributed by atoms with van der Waals surface area (Å²) in [6, 6.07) is 3.45. The summed E-state index contributed by atoms with van der Waals surface area (Å²) in [5.41, 5.74) is 5.08. The smallest absolute Gasteiger partial charge is 0.250 e. The second kappa shape index (κ2) is 4.42. The third-order valence-electron chi connectivity index (χ3n) is 1.19. The first-order chi connectivity index (χ1) is 6.18. The molecule has 0 spiro atoms. The van der Waals surface area contributed by atoms with Crippen molar-refractivity contribution < 1.29 is 9.21 Å². The van der Waals surface area contributed by atoms with Crippen LogP contribution in [0.25, 0.3) is 6.08 Å². The van der Waals surface area contributed by atoms with Gasteiger partial charge in [-0.25, -0.2) is 0 Å². The first kappa shape index (κ1) is 9.47. The third-order valence-corrected chi connectivity index (χ3v) is 1.29. The first-order valence-electron chi connectivity index (χ1n) is 3.50. The van der Waals surface area contributed by atoms with Crippen LogP contribution in [0.3, 0.4) is 0 Å². The van der Waals surface area contributed by atoms with Gasteiger partial charge in [0.15, 0.2) is 5.11 Å². The Balaban J connectivity index is 2.49. The highest BCUT2D eigenvalue weighted by Gasteiger charge is 1.95. The van der Waals surface area contributed by atoms with Gasteiger partial charge in [0.05, 0.1) is 6.26 Å². The lowest BCUT2D eigenvalue weighted by molar-refractivity contribution is -0.115. The lowest BCUT2D eigenvalue weighted by Gasteiger charge is -1.94. The Bertz CT molecular complexity index is 330. The normalized spacial score (nSPS) is 10.2.